The molecule has 6 nitrogen and oxygen atoms in total. The molecule has 1 aromatic carbocycles. The van der Waals surface area contributed by atoms with Gasteiger partial charge >= 0.3 is 0 Å². The van der Waals surface area contributed by atoms with Crippen LogP contribution in [0, 0.1) is 0 Å². The van der Waals surface area contributed by atoms with E-state index in [0.717, 1.165) is 18.5 Å². The van der Waals surface area contributed by atoms with Crippen LogP contribution in [0.25, 0.3) is 0 Å². The van der Waals surface area contributed by atoms with E-state index in [4.69, 9.17) is 14.2 Å². The van der Waals surface area contributed by atoms with Gasteiger partial charge in [-0.1, -0.05) is 31.5 Å². The molecular weight excluding hydrogens is 286 g/mol. The number of hydrogen-bond acceptors (Lipinski definition) is 6. The van der Waals surface area contributed by atoms with Crippen LogP contribution < -0.4 is 5.32 Å². The smallest absolute Gasteiger partial charge is 0.158 e. The zero-order valence-corrected chi connectivity index (χ0v) is 12.6. The zero-order valence-electron chi connectivity index (χ0n) is 12.6. The Morgan fingerprint density at radius 3 is 2.64 bits per heavy atom. The van der Waals surface area contributed by atoms with Crippen LogP contribution in [0.1, 0.15) is 19.8 Å². The summed E-state index contributed by atoms with van der Waals surface area (Å²) in [6.45, 7) is 2.40. The number of benzene rings is 1. The first-order chi connectivity index (χ1) is 10.7. The van der Waals surface area contributed by atoms with Crippen LogP contribution in [0.3, 0.4) is 0 Å². The van der Waals surface area contributed by atoms with Gasteiger partial charge < -0.3 is 29.7 Å². The molecule has 2 aliphatic rings. The zero-order chi connectivity index (χ0) is 15.5. The van der Waals surface area contributed by atoms with Gasteiger partial charge in [0.05, 0.1) is 6.61 Å². The maximum absolute atomic E-state index is 10.4. The summed E-state index contributed by atoms with van der Waals surface area (Å²) in [5.41, 5.74) is 0.818. The molecule has 0 amide bonds. The average Bonchev–Trinajstić information content (AvgIpc) is 2.54. The van der Waals surface area contributed by atoms with Crippen LogP contribution in [-0.2, 0) is 14.2 Å². The van der Waals surface area contributed by atoms with E-state index in [1.807, 2.05) is 37.3 Å². The van der Waals surface area contributed by atoms with Gasteiger partial charge in [-0.3, -0.25) is 0 Å². The fraction of sp³-hybridized carbons (Fsp3) is 0.625. The lowest BCUT2D eigenvalue weighted by Crippen LogP contribution is -2.64. The minimum absolute atomic E-state index is 0.338. The molecule has 0 bridgehead atoms. The number of rotatable bonds is 4. The third-order valence-corrected chi connectivity index (χ3v) is 4.05. The molecule has 0 spiro atoms. The highest BCUT2D eigenvalue weighted by atomic mass is 16.7. The summed E-state index contributed by atoms with van der Waals surface area (Å²) < 4.78 is 17.2. The highest BCUT2D eigenvalue weighted by Gasteiger charge is 2.48. The topological polar surface area (TPSA) is 80.2 Å². The number of fused-ring (bicyclic) bond motifs is 1. The summed E-state index contributed by atoms with van der Waals surface area (Å²) in [6.07, 6.45) is -2.38. The summed E-state index contributed by atoms with van der Waals surface area (Å²) in [4.78, 5) is 0. The third-order valence-electron chi connectivity index (χ3n) is 4.05. The van der Waals surface area contributed by atoms with E-state index >= 15 is 0 Å². The minimum Gasteiger partial charge on any atom is -0.387 e. The molecule has 0 aliphatic carbocycles. The quantitative estimate of drug-likeness (QED) is 0.772. The van der Waals surface area contributed by atoms with Crippen molar-refractivity contribution in [2.24, 2.45) is 0 Å². The molecular formula is C16H23NO5. The van der Waals surface area contributed by atoms with Crippen LogP contribution in [-0.4, -0.2) is 53.8 Å². The number of aliphatic hydroxyl groups is 2. The molecule has 122 valence electrons. The van der Waals surface area contributed by atoms with Crippen molar-refractivity contribution in [3.63, 3.8) is 0 Å². The Bertz CT molecular complexity index is 469. The Kier molecular flexibility index (Phi) is 4.95. The van der Waals surface area contributed by atoms with Crippen molar-refractivity contribution in [3.8, 4) is 0 Å². The van der Waals surface area contributed by atoms with Gasteiger partial charge in [0, 0.05) is 5.69 Å². The van der Waals surface area contributed by atoms with Crippen LogP contribution in [0.2, 0.25) is 0 Å². The van der Waals surface area contributed by atoms with Crippen LogP contribution in [0.15, 0.2) is 30.3 Å². The van der Waals surface area contributed by atoms with Gasteiger partial charge in [0.15, 0.2) is 12.5 Å². The van der Waals surface area contributed by atoms with E-state index in [1.54, 1.807) is 0 Å². The Morgan fingerprint density at radius 1 is 1.14 bits per heavy atom. The lowest BCUT2D eigenvalue weighted by molar-refractivity contribution is -0.322. The van der Waals surface area contributed by atoms with E-state index < -0.39 is 30.6 Å². The number of nitrogens with one attached hydrogen (secondary N) is 1. The molecule has 6 atom stereocenters. The molecule has 0 unspecified atom stereocenters. The molecule has 1 aromatic rings. The number of ether oxygens (including phenoxy) is 3. The van der Waals surface area contributed by atoms with E-state index in [2.05, 4.69) is 5.32 Å². The Labute approximate surface area is 130 Å². The maximum atomic E-state index is 10.4. The average molecular weight is 309 g/mol. The first-order valence-corrected chi connectivity index (χ1v) is 7.79. The SMILES string of the molecule is CCC[C@@H]1OC[C@H]2O[C@@H](Nc3ccccc3)[C@@H](O)[C@@H](O)[C@@H]2O1. The van der Waals surface area contributed by atoms with Crippen molar-refractivity contribution < 1.29 is 24.4 Å². The molecule has 0 saturated carbocycles. The summed E-state index contributed by atoms with van der Waals surface area (Å²) in [5.74, 6) is 0. The molecule has 3 N–H and O–H groups in total. The second-order valence-corrected chi connectivity index (χ2v) is 5.74. The highest BCUT2D eigenvalue weighted by molar-refractivity contribution is 5.43. The second kappa shape index (κ2) is 6.93. The van der Waals surface area contributed by atoms with E-state index in [9.17, 15) is 10.2 Å². The molecule has 22 heavy (non-hydrogen) atoms. The molecule has 6 heteroatoms. The van der Waals surface area contributed by atoms with Crippen molar-refractivity contribution in [3.05, 3.63) is 30.3 Å². The van der Waals surface area contributed by atoms with Crippen LogP contribution in [0.4, 0.5) is 5.69 Å². The van der Waals surface area contributed by atoms with E-state index in [1.165, 1.54) is 0 Å². The lowest BCUT2D eigenvalue weighted by Gasteiger charge is -2.46. The van der Waals surface area contributed by atoms with Gasteiger partial charge in [0.2, 0.25) is 0 Å². The van der Waals surface area contributed by atoms with Gasteiger partial charge in [0.1, 0.15) is 24.4 Å². The van der Waals surface area contributed by atoms with Crippen molar-refractivity contribution in [2.75, 3.05) is 11.9 Å². The fourth-order valence-electron chi connectivity index (χ4n) is 2.86. The summed E-state index contributed by atoms with van der Waals surface area (Å²) in [7, 11) is 0. The largest absolute Gasteiger partial charge is 0.387 e. The van der Waals surface area contributed by atoms with Crippen LogP contribution in [0.5, 0.6) is 0 Å². The van der Waals surface area contributed by atoms with E-state index in [0.29, 0.717) is 6.61 Å². The standard InChI is InChI=1S/C16H23NO5/c1-2-6-12-20-9-11-15(22-12)13(18)14(19)16(21-11)17-10-7-4-3-5-8-10/h3-5,7-8,11-19H,2,6,9H2,1H3/t11-,12-,13-,14+,15-,16-/m1/s1. The third kappa shape index (κ3) is 3.26. The number of anilines is 1. The fourth-order valence-corrected chi connectivity index (χ4v) is 2.86. The van der Waals surface area contributed by atoms with E-state index in [-0.39, 0.29) is 6.29 Å². The Balaban J connectivity index is 1.66. The molecule has 0 aromatic heterocycles. The molecule has 0 radical (unpaired) electrons. The number of aliphatic hydroxyl groups excluding tert-OH is 2. The Morgan fingerprint density at radius 2 is 1.91 bits per heavy atom. The second-order valence-electron chi connectivity index (χ2n) is 5.74. The minimum atomic E-state index is -1.07. The van der Waals surface area contributed by atoms with Crippen molar-refractivity contribution in [1.82, 2.24) is 0 Å². The molecule has 3 rings (SSSR count). The normalized spacial score (nSPS) is 38.3. The van der Waals surface area contributed by atoms with Crippen molar-refractivity contribution in [2.45, 2.75) is 56.7 Å². The molecule has 2 saturated heterocycles. The molecule has 2 heterocycles. The van der Waals surface area contributed by atoms with Crippen molar-refractivity contribution in [1.29, 1.82) is 0 Å². The number of hydrogen-bond donors (Lipinski definition) is 3. The maximum Gasteiger partial charge on any atom is 0.158 e. The van der Waals surface area contributed by atoms with Gasteiger partial charge in [0.25, 0.3) is 0 Å². The Hall–Kier alpha value is -1.18. The van der Waals surface area contributed by atoms with Crippen molar-refractivity contribution >= 4 is 5.69 Å². The van der Waals surface area contributed by atoms with Crippen LogP contribution >= 0.6 is 0 Å². The summed E-state index contributed by atoms with van der Waals surface area (Å²) in [6, 6.07) is 9.43. The molecule has 2 aliphatic heterocycles. The van der Waals surface area contributed by atoms with Gasteiger partial charge in [-0.25, -0.2) is 0 Å². The predicted molar refractivity (Wildman–Crippen MR) is 80.3 cm³/mol. The first kappa shape index (κ1) is 15.7. The highest BCUT2D eigenvalue weighted by Crippen LogP contribution is 2.30. The molecule has 2 fully saturated rings. The predicted octanol–water partition coefficient (Wildman–Crippen LogP) is 1.09. The first-order valence-electron chi connectivity index (χ1n) is 7.79. The monoisotopic (exact) mass is 309 g/mol. The van der Waals surface area contributed by atoms with Gasteiger partial charge in [-0.2, -0.15) is 0 Å². The van der Waals surface area contributed by atoms with Gasteiger partial charge in [-0.05, 0) is 18.6 Å². The number of para-hydroxylation sites is 1. The summed E-state index contributed by atoms with van der Waals surface area (Å²) in [5, 5.41) is 23.7. The lowest BCUT2D eigenvalue weighted by atomic mass is 9.97. The van der Waals surface area contributed by atoms with Gasteiger partial charge in [-0.15, -0.1) is 0 Å². The summed E-state index contributed by atoms with van der Waals surface area (Å²) >= 11 is 0.